The summed E-state index contributed by atoms with van der Waals surface area (Å²) in [6, 6.07) is 5.03. The Bertz CT molecular complexity index is 402. The topological polar surface area (TPSA) is 34.1 Å². The van der Waals surface area contributed by atoms with Gasteiger partial charge in [-0.15, -0.1) is 0 Å². The quantitative estimate of drug-likeness (QED) is 0.779. The minimum absolute atomic E-state index is 0.230. The first-order valence-electron chi connectivity index (χ1n) is 7.61. The van der Waals surface area contributed by atoms with Crippen LogP contribution in [0.3, 0.4) is 0 Å². The van der Waals surface area contributed by atoms with E-state index < -0.39 is 0 Å². The van der Waals surface area contributed by atoms with Gasteiger partial charge < -0.3 is 10.1 Å². The first-order chi connectivity index (χ1) is 9.21. The molecule has 1 heterocycles. The number of hydrogen-bond donors (Lipinski definition) is 1. The zero-order valence-corrected chi connectivity index (χ0v) is 12.4. The third kappa shape index (κ3) is 4.83. The van der Waals surface area contributed by atoms with Crippen LogP contribution >= 0.6 is 0 Å². The highest BCUT2D eigenvalue weighted by atomic mass is 16.5. The van der Waals surface area contributed by atoms with Gasteiger partial charge in [0.2, 0.25) is 5.88 Å². The molecule has 1 fully saturated rings. The number of nitrogens with zero attached hydrogens (tertiary/aromatic N) is 1. The van der Waals surface area contributed by atoms with Crippen LogP contribution in [0.15, 0.2) is 12.1 Å². The number of aryl methyl sites for hydroxylation is 1. The van der Waals surface area contributed by atoms with Gasteiger partial charge in [-0.25, -0.2) is 4.98 Å². The maximum absolute atomic E-state index is 5.87. The highest BCUT2D eigenvalue weighted by Crippen LogP contribution is 2.21. The van der Waals surface area contributed by atoms with Crippen LogP contribution in [0.2, 0.25) is 0 Å². The van der Waals surface area contributed by atoms with Gasteiger partial charge in [0.05, 0.1) is 6.10 Å². The molecular weight excluding hydrogens is 236 g/mol. The average molecular weight is 262 g/mol. The molecule has 0 spiro atoms. The van der Waals surface area contributed by atoms with Gasteiger partial charge >= 0.3 is 0 Å². The van der Waals surface area contributed by atoms with E-state index in [2.05, 4.69) is 43.2 Å². The number of rotatable bonds is 8. The minimum Gasteiger partial charge on any atom is -0.475 e. The number of ether oxygens (including phenoxy) is 1. The van der Waals surface area contributed by atoms with Crippen molar-refractivity contribution in [3.8, 4) is 5.88 Å². The van der Waals surface area contributed by atoms with Gasteiger partial charge in [-0.1, -0.05) is 20.3 Å². The first kappa shape index (κ1) is 14.3. The summed E-state index contributed by atoms with van der Waals surface area (Å²) in [5.74, 6) is 0.785. The van der Waals surface area contributed by atoms with E-state index in [0.717, 1.165) is 43.4 Å². The van der Waals surface area contributed by atoms with Gasteiger partial charge in [0.25, 0.3) is 0 Å². The zero-order chi connectivity index (χ0) is 13.7. The van der Waals surface area contributed by atoms with Crippen molar-refractivity contribution in [2.45, 2.75) is 71.6 Å². The second-order valence-corrected chi connectivity index (χ2v) is 5.55. The second kappa shape index (κ2) is 6.90. The van der Waals surface area contributed by atoms with Crippen molar-refractivity contribution in [3.63, 3.8) is 0 Å². The number of pyridine rings is 1. The predicted molar refractivity (Wildman–Crippen MR) is 78.5 cm³/mol. The molecule has 1 saturated carbocycles. The summed E-state index contributed by atoms with van der Waals surface area (Å²) in [7, 11) is 0. The molecule has 1 aliphatic rings. The smallest absolute Gasteiger partial charge is 0.214 e. The second-order valence-electron chi connectivity index (χ2n) is 5.55. The molecule has 1 aliphatic carbocycles. The molecule has 1 aromatic heterocycles. The Balaban J connectivity index is 2.05. The highest BCUT2D eigenvalue weighted by molar-refractivity contribution is 5.25. The van der Waals surface area contributed by atoms with Crippen LogP contribution in [-0.2, 0) is 13.0 Å². The summed E-state index contributed by atoms with van der Waals surface area (Å²) in [5.41, 5.74) is 2.44. The Morgan fingerprint density at radius 1 is 1.37 bits per heavy atom. The highest BCUT2D eigenvalue weighted by Gasteiger charge is 2.20. The summed E-state index contributed by atoms with van der Waals surface area (Å²) in [6.45, 7) is 7.35. The lowest BCUT2D eigenvalue weighted by Crippen LogP contribution is -2.16. The summed E-state index contributed by atoms with van der Waals surface area (Å²) in [4.78, 5) is 4.60. The SMILES string of the molecule is CCCc1cc(CNC2CC2)cc(OC(C)CC)n1. The van der Waals surface area contributed by atoms with Crippen molar-refractivity contribution < 1.29 is 4.74 Å². The van der Waals surface area contributed by atoms with Gasteiger partial charge in [-0.2, -0.15) is 0 Å². The summed E-state index contributed by atoms with van der Waals surface area (Å²) < 4.78 is 5.87. The summed E-state index contributed by atoms with van der Waals surface area (Å²) >= 11 is 0. The fraction of sp³-hybridized carbons (Fsp3) is 0.688. The normalized spacial score (nSPS) is 16.4. The Morgan fingerprint density at radius 2 is 2.16 bits per heavy atom. The molecule has 106 valence electrons. The molecule has 1 aromatic rings. The maximum atomic E-state index is 5.87. The van der Waals surface area contributed by atoms with E-state index in [-0.39, 0.29) is 6.10 Å². The third-order valence-corrected chi connectivity index (χ3v) is 3.49. The van der Waals surface area contributed by atoms with E-state index in [1.807, 2.05) is 0 Å². The van der Waals surface area contributed by atoms with E-state index in [1.165, 1.54) is 18.4 Å². The molecule has 0 amide bonds. The lowest BCUT2D eigenvalue weighted by molar-refractivity contribution is 0.208. The maximum Gasteiger partial charge on any atom is 0.214 e. The molecule has 2 rings (SSSR count). The number of hydrogen-bond acceptors (Lipinski definition) is 3. The van der Waals surface area contributed by atoms with Crippen molar-refractivity contribution in [2.75, 3.05) is 0 Å². The predicted octanol–water partition coefficient (Wildman–Crippen LogP) is 3.46. The van der Waals surface area contributed by atoms with Crippen LogP contribution < -0.4 is 10.1 Å². The van der Waals surface area contributed by atoms with Crippen molar-refractivity contribution in [1.29, 1.82) is 0 Å². The molecular formula is C16H26N2O. The fourth-order valence-corrected chi connectivity index (χ4v) is 2.01. The average Bonchev–Trinajstić information content (AvgIpc) is 3.20. The molecule has 3 nitrogen and oxygen atoms in total. The lowest BCUT2D eigenvalue weighted by atomic mass is 10.1. The Morgan fingerprint density at radius 3 is 2.79 bits per heavy atom. The van der Waals surface area contributed by atoms with Crippen molar-refractivity contribution in [1.82, 2.24) is 10.3 Å². The lowest BCUT2D eigenvalue weighted by Gasteiger charge is -2.14. The summed E-state index contributed by atoms with van der Waals surface area (Å²) in [5, 5.41) is 3.55. The van der Waals surface area contributed by atoms with Crippen molar-refractivity contribution in [3.05, 3.63) is 23.4 Å². The molecule has 0 bridgehead atoms. The van der Waals surface area contributed by atoms with Gasteiger partial charge in [-0.05, 0) is 44.2 Å². The largest absolute Gasteiger partial charge is 0.475 e. The summed E-state index contributed by atoms with van der Waals surface area (Å²) in [6.07, 6.45) is 6.03. The standard InChI is InChI=1S/C16H26N2O/c1-4-6-15-9-13(11-17-14-7-8-14)10-16(18-15)19-12(3)5-2/h9-10,12,14,17H,4-8,11H2,1-3H3. The molecule has 0 aliphatic heterocycles. The molecule has 3 heteroatoms. The molecule has 1 atom stereocenters. The van der Waals surface area contributed by atoms with Crippen molar-refractivity contribution >= 4 is 0 Å². The first-order valence-corrected chi connectivity index (χ1v) is 7.61. The molecule has 1 unspecified atom stereocenters. The van der Waals surface area contributed by atoms with Gasteiger partial charge in [0.1, 0.15) is 0 Å². The van der Waals surface area contributed by atoms with E-state index in [9.17, 15) is 0 Å². The Kier molecular flexibility index (Phi) is 5.20. The van der Waals surface area contributed by atoms with E-state index >= 15 is 0 Å². The monoisotopic (exact) mass is 262 g/mol. The molecule has 19 heavy (non-hydrogen) atoms. The van der Waals surface area contributed by atoms with Crippen LogP contribution in [0.1, 0.15) is 57.7 Å². The van der Waals surface area contributed by atoms with E-state index in [1.54, 1.807) is 0 Å². The van der Waals surface area contributed by atoms with Crippen LogP contribution in [0, 0.1) is 0 Å². The number of aromatic nitrogens is 1. The zero-order valence-electron chi connectivity index (χ0n) is 12.4. The number of nitrogens with one attached hydrogen (secondary N) is 1. The van der Waals surface area contributed by atoms with E-state index in [4.69, 9.17) is 4.74 Å². The van der Waals surface area contributed by atoms with Crippen molar-refractivity contribution in [2.24, 2.45) is 0 Å². The fourth-order valence-electron chi connectivity index (χ4n) is 2.01. The Hall–Kier alpha value is -1.09. The minimum atomic E-state index is 0.230. The molecule has 0 radical (unpaired) electrons. The van der Waals surface area contributed by atoms with Gasteiger partial charge in [-0.3, -0.25) is 0 Å². The molecule has 1 N–H and O–H groups in total. The van der Waals surface area contributed by atoms with E-state index in [0.29, 0.717) is 0 Å². The Labute approximate surface area is 116 Å². The van der Waals surface area contributed by atoms with Crippen LogP contribution in [0.4, 0.5) is 0 Å². The van der Waals surface area contributed by atoms with Gasteiger partial charge in [0, 0.05) is 24.3 Å². The molecule has 0 saturated heterocycles. The third-order valence-electron chi connectivity index (χ3n) is 3.49. The van der Waals surface area contributed by atoms with Crippen LogP contribution in [-0.4, -0.2) is 17.1 Å². The van der Waals surface area contributed by atoms with Gasteiger partial charge in [0.15, 0.2) is 0 Å². The molecule has 0 aromatic carbocycles. The van der Waals surface area contributed by atoms with Crippen LogP contribution in [0.5, 0.6) is 5.88 Å². The van der Waals surface area contributed by atoms with Crippen LogP contribution in [0.25, 0.3) is 0 Å².